The molecule has 0 aliphatic heterocycles. The number of benzene rings is 3. The zero-order valence-corrected chi connectivity index (χ0v) is 19.3. The van der Waals surface area contributed by atoms with E-state index in [2.05, 4.69) is 0 Å². The van der Waals surface area contributed by atoms with E-state index >= 15 is 0 Å². The van der Waals surface area contributed by atoms with E-state index in [9.17, 15) is 9.59 Å². The van der Waals surface area contributed by atoms with Crippen molar-refractivity contribution in [3.05, 3.63) is 104 Å². The van der Waals surface area contributed by atoms with Gasteiger partial charge in [0.15, 0.2) is 0 Å². The maximum Gasteiger partial charge on any atom is 0.336 e. The van der Waals surface area contributed by atoms with Crippen molar-refractivity contribution in [3.8, 4) is 11.4 Å². The Morgan fingerprint density at radius 2 is 1.70 bits per heavy atom. The molecule has 7 heteroatoms. The van der Waals surface area contributed by atoms with E-state index in [1.54, 1.807) is 35.9 Å². The smallest absolute Gasteiger partial charge is 0.336 e. The largest absolute Gasteiger partial charge is 0.497 e. The normalized spacial score (nSPS) is 11.4. The summed E-state index contributed by atoms with van der Waals surface area (Å²) in [6.45, 7) is 2.33. The molecule has 0 saturated carbocycles. The minimum atomic E-state index is -0.425. The first-order chi connectivity index (χ1) is 15.9. The Hall–Kier alpha value is -3.77. The van der Waals surface area contributed by atoms with E-state index < -0.39 is 11.2 Å². The first-order valence-electron chi connectivity index (χ1n) is 10.5. The molecule has 0 spiro atoms. The van der Waals surface area contributed by atoms with Gasteiger partial charge in [0.2, 0.25) is 0 Å². The SMILES string of the molecule is COc1ccc2c(c1)c1c(c(=O)n(-c3cccc(Cl)c3)c(=O)n1Cc1ccc(C)cc1)n2C. The van der Waals surface area contributed by atoms with Crippen LogP contribution in [0.1, 0.15) is 11.1 Å². The molecule has 0 saturated heterocycles. The quantitative estimate of drug-likeness (QED) is 0.392. The molecule has 0 fully saturated rings. The fourth-order valence-electron chi connectivity index (χ4n) is 4.32. The highest BCUT2D eigenvalue weighted by Crippen LogP contribution is 2.29. The Kier molecular flexibility index (Phi) is 5.10. The molecule has 5 aromatic rings. The van der Waals surface area contributed by atoms with Crippen LogP contribution in [0.4, 0.5) is 0 Å². The predicted molar refractivity (Wildman–Crippen MR) is 132 cm³/mol. The van der Waals surface area contributed by atoms with Gasteiger partial charge in [-0.05, 0) is 48.9 Å². The van der Waals surface area contributed by atoms with Crippen LogP contribution < -0.4 is 16.0 Å². The molecule has 0 N–H and O–H groups in total. The van der Waals surface area contributed by atoms with E-state index in [1.165, 1.54) is 4.57 Å². The van der Waals surface area contributed by atoms with Gasteiger partial charge >= 0.3 is 5.69 Å². The first-order valence-corrected chi connectivity index (χ1v) is 10.9. The molecular formula is C26H22ClN3O3. The molecule has 0 aliphatic carbocycles. The lowest BCUT2D eigenvalue weighted by molar-refractivity contribution is 0.415. The van der Waals surface area contributed by atoms with Crippen LogP contribution in [0.3, 0.4) is 0 Å². The number of aryl methyl sites for hydroxylation is 2. The molecular weight excluding hydrogens is 438 g/mol. The van der Waals surface area contributed by atoms with Gasteiger partial charge < -0.3 is 9.30 Å². The molecule has 6 nitrogen and oxygen atoms in total. The van der Waals surface area contributed by atoms with E-state index in [0.717, 1.165) is 22.0 Å². The number of hydrogen-bond acceptors (Lipinski definition) is 3. The number of fused-ring (bicyclic) bond motifs is 3. The standard InChI is InChI=1S/C26H22ClN3O3/c1-16-7-9-17(10-8-16)15-29-23-21-14-20(33-3)11-12-22(21)28(2)24(23)25(31)30(26(29)32)19-6-4-5-18(27)13-19/h4-14H,15H2,1-3H3. The minimum absolute atomic E-state index is 0.312. The fraction of sp³-hybridized carbons (Fsp3) is 0.154. The Bertz CT molecular complexity index is 1640. The van der Waals surface area contributed by atoms with Gasteiger partial charge in [-0.25, -0.2) is 9.36 Å². The third-order valence-electron chi connectivity index (χ3n) is 6.01. The fourth-order valence-corrected chi connectivity index (χ4v) is 4.51. The molecule has 0 aliphatic rings. The molecule has 0 radical (unpaired) electrons. The summed E-state index contributed by atoms with van der Waals surface area (Å²) in [7, 11) is 3.43. The Balaban J connectivity index is 1.94. The zero-order valence-electron chi connectivity index (χ0n) is 18.5. The van der Waals surface area contributed by atoms with Crippen LogP contribution >= 0.6 is 11.6 Å². The number of nitrogens with zero attached hydrogens (tertiary/aromatic N) is 3. The highest BCUT2D eigenvalue weighted by molar-refractivity contribution is 6.30. The average Bonchev–Trinajstić information content (AvgIpc) is 3.10. The Morgan fingerprint density at radius 1 is 0.939 bits per heavy atom. The molecule has 0 unspecified atom stereocenters. The lowest BCUT2D eigenvalue weighted by Crippen LogP contribution is -2.39. The summed E-state index contributed by atoms with van der Waals surface area (Å²) >= 11 is 6.19. The summed E-state index contributed by atoms with van der Waals surface area (Å²) in [6.07, 6.45) is 0. The van der Waals surface area contributed by atoms with Crippen molar-refractivity contribution in [2.24, 2.45) is 7.05 Å². The number of ether oxygens (including phenoxy) is 1. The van der Waals surface area contributed by atoms with Gasteiger partial charge in [0.05, 0.1) is 30.4 Å². The second-order valence-electron chi connectivity index (χ2n) is 8.11. The maximum atomic E-state index is 13.8. The van der Waals surface area contributed by atoms with Crippen LogP contribution in [-0.4, -0.2) is 20.8 Å². The summed E-state index contributed by atoms with van der Waals surface area (Å²) in [4.78, 5) is 27.5. The summed E-state index contributed by atoms with van der Waals surface area (Å²) in [6, 6.07) is 20.4. The lowest BCUT2D eigenvalue weighted by atomic mass is 10.1. The zero-order chi connectivity index (χ0) is 23.3. The van der Waals surface area contributed by atoms with Crippen molar-refractivity contribution < 1.29 is 4.74 Å². The molecule has 3 aromatic carbocycles. The second kappa shape index (κ2) is 7.98. The molecule has 5 rings (SSSR count). The number of rotatable bonds is 4. The summed E-state index contributed by atoms with van der Waals surface area (Å²) in [5.41, 5.74) is 3.56. The van der Waals surface area contributed by atoms with E-state index in [4.69, 9.17) is 16.3 Å². The Labute approximate surface area is 194 Å². The van der Waals surface area contributed by atoms with Crippen LogP contribution in [0, 0.1) is 6.92 Å². The van der Waals surface area contributed by atoms with Gasteiger partial charge in [0, 0.05) is 17.5 Å². The van der Waals surface area contributed by atoms with Gasteiger partial charge in [0.1, 0.15) is 11.3 Å². The third-order valence-corrected chi connectivity index (χ3v) is 6.24. The van der Waals surface area contributed by atoms with Crippen molar-refractivity contribution in [2.75, 3.05) is 7.11 Å². The number of halogens is 1. The van der Waals surface area contributed by atoms with Gasteiger partial charge in [-0.3, -0.25) is 9.36 Å². The summed E-state index contributed by atoms with van der Waals surface area (Å²) < 4.78 is 10.1. The number of methoxy groups -OCH3 is 1. The summed E-state index contributed by atoms with van der Waals surface area (Å²) in [5, 5.41) is 1.23. The minimum Gasteiger partial charge on any atom is -0.497 e. The van der Waals surface area contributed by atoms with E-state index in [0.29, 0.717) is 34.0 Å². The molecule has 2 heterocycles. The lowest BCUT2D eigenvalue weighted by Gasteiger charge is -2.14. The molecule has 2 aromatic heterocycles. The maximum absolute atomic E-state index is 13.8. The molecule has 0 bridgehead atoms. The van der Waals surface area contributed by atoms with E-state index in [-0.39, 0.29) is 0 Å². The van der Waals surface area contributed by atoms with Crippen molar-refractivity contribution in [3.63, 3.8) is 0 Å². The molecule has 0 amide bonds. The highest BCUT2D eigenvalue weighted by Gasteiger charge is 2.22. The van der Waals surface area contributed by atoms with Crippen molar-refractivity contribution in [1.29, 1.82) is 0 Å². The van der Waals surface area contributed by atoms with Crippen LogP contribution in [0.2, 0.25) is 5.02 Å². The molecule has 166 valence electrons. The monoisotopic (exact) mass is 459 g/mol. The van der Waals surface area contributed by atoms with Crippen LogP contribution in [-0.2, 0) is 13.6 Å². The van der Waals surface area contributed by atoms with Gasteiger partial charge in [0.25, 0.3) is 5.56 Å². The predicted octanol–water partition coefficient (Wildman–Crippen LogP) is 4.66. The topological polar surface area (TPSA) is 58.2 Å². The number of aromatic nitrogens is 3. The van der Waals surface area contributed by atoms with Gasteiger partial charge in [-0.1, -0.05) is 47.5 Å². The molecule has 0 atom stereocenters. The molecule has 33 heavy (non-hydrogen) atoms. The summed E-state index contributed by atoms with van der Waals surface area (Å²) in [5.74, 6) is 0.656. The van der Waals surface area contributed by atoms with Crippen LogP contribution in [0.15, 0.2) is 76.3 Å². The number of hydrogen-bond donors (Lipinski definition) is 0. The van der Waals surface area contributed by atoms with Crippen LogP contribution in [0.5, 0.6) is 5.75 Å². The first kappa shape index (κ1) is 21.1. The Morgan fingerprint density at radius 3 is 2.39 bits per heavy atom. The second-order valence-corrected chi connectivity index (χ2v) is 8.55. The van der Waals surface area contributed by atoms with Crippen molar-refractivity contribution in [2.45, 2.75) is 13.5 Å². The van der Waals surface area contributed by atoms with Gasteiger partial charge in [-0.2, -0.15) is 0 Å². The van der Waals surface area contributed by atoms with Gasteiger partial charge in [-0.15, -0.1) is 0 Å². The highest BCUT2D eigenvalue weighted by atomic mass is 35.5. The van der Waals surface area contributed by atoms with E-state index in [1.807, 2.05) is 61.0 Å². The average molecular weight is 460 g/mol. The van der Waals surface area contributed by atoms with Crippen LogP contribution in [0.25, 0.3) is 27.6 Å². The third kappa shape index (κ3) is 3.43. The van der Waals surface area contributed by atoms with Crippen molar-refractivity contribution in [1.82, 2.24) is 13.7 Å². The van der Waals surface area contributed by atoms with Crippen molar-refractivity contribution >= 4 is 33.5 Å².